The molecule has 1 N–H and O–H groups in total. The number of rotatable bonds is 7. The van der Waals surface area contributed by atoms with Crippen LogP contribution in [0.3, 0.4) is 0 Å². The number of hydrogen-bond donors (Lipinski definition) is 1. The molecule has 1 aromatic rings. The van der Waals surface area contributed by atoms with Gasteiger partial charge in [-0.05, 0) is 43.4 Å². The Bertz CT molecular complexity index is 906. The van der Waals surface area contributed by atoms with Crippen LogP contribution in [-0.4, -0.2) is 41.2 Å². The number of nitrogens with one attached hydrogen (secondary N) is 1. The Kier molecular flexibility index (Phi) is 7.10. The van der Waals surface area contributed by atoms with Crippen LogP contribution in [-0.2, 0) is 23.9 Å². The molecule has 3 unspecified atom stereocenters. The lowest BCUT2D eigenvalue weighted by molar-refractivity contribution is -0.160. The third-order valence-electron chi connectivity index (χ3n) is 5.37. The zero-order valence-corrected chi connectivity index (χ0v) is 18.0. The number of likely N-dealkylation sites (tertiary alicyclic amines) is 1. The molecule has 3 rings (SSSR count). The fraction of sp³-hybridized carbons (Fsp3) is 0.455. The van der Waals surface area contributed by atoms with Crippen molar-refractivity contribution in [2.45, 2.75) is 39.2 Å². The Morgan fingerprint density at radius 3 is 2.35 bits per heavy atom. The molecule has 7 nitrogen and oxygen atoms in total. The van der Waals surface area contributed by atoms with Crippen molar-refractivity contribution in [3.63, 3.8) is 0 Å². The first-order valence-electron chi connectivity index (χ1n) is 10.1. The quantitative estimate of drug-likeness (QED) is 0.391. The van der Waals surface area contributed by atoms with Gasteiger partial charge in [-0.15, -0.1) is 0 Å². The van der Waals surface area contributed by atoms with Crippen LogP contribution in [0.25, 0.3) is 0 Å². The molecule has 0 radical (unpaired) electrons. The van der Waals surface area contributed by atoms with E-state index in [2.05, 4.69) is 5.32 Å². The summed E-state index contributed by atoms with van der Waals surface area (Å²) in [6.07, 6.45) is 4.88. The van der Waals surface area contributed by atoms with E-state index in [4.69, 9.17) is 16.3 Å². The number of benzene rings is 1. The molecule has 3 amide bonds. The lowest BCUT2D eigenvalue weighted by Crippen LogP contribution is -2.47. The molecule has 0 spiro atoms. The zero-order valence-electron chi connectivity index (χ0n) is 17.3. The minimum atomic E-state index is -1.11. The van der Waals surface area contributed by atoms with E-state index in [0.29, 0.717) is 12.8 Å². The van der Waals surface area contributed by atoms with E-state index in [9.17, 15) is 23.6 Å². The summed E-state index contributed by atoms with van der Waals surface area (Å²) in [4.78, 5) is 51.6. The maximum atomic E-state index is 13.8. The van der Waals surface area contributed by atoms with Gasteiger partial charge in [-0.1, -0.05) is 37.6 Å². The van der Waals surface area contributed by atoms with E-state index in [1.165, 1.54) is 12.1 Å². The number of esters is 1. The van der Waals surface area contributed by atoms with Crippen molar-refractivity contribution in [2.24, 2.45) is 17.8 Å². The first-order valence-corrected chi connectivity index (χ1v) is 10.5. The smallest absolute Gasteiger partial charge is 0.329 e. The summed E-state index contributed by atoms with van der Waals surface area (Å²) in [5.41, 5.74) is -0.106. The van der Waals surface area contributed by atoms with Crippen LogP contribution in [0.5, 0.6) is 0 Å². The molecule has 166 valence electrons. The van der Waals surface area contributed by atoms with Crippen LogP contribution in [0.2, 0.25) is 5.02 Å². The number of halogens is 2. The van der Waals surface area contributed by atoms with Gasteiger partial charge >= 0.3 is 5.97 Å². The SMILES string of the molecule is CC(C)CC(C(=O)OCC(=O)Nc1ccc(Cl)cc1F)N1C(=O)C2CC=CCC2C1=O. The van der Waals surface area contributed by atoms with Gasteiger partial charge in [0, 0.05) is 5.02 Å². The summed E-state index contributed by atoms with van der Waals surface area (Å²) in [5.74, 6) is -4.01. The summed E-state index contributed by atoms with van der Waals surface area (Å²) in [6.45, 7) is 3.03. The highest BCUT2D eigenvalue weighted by atomic mass is 35.5. The highest BCUT2D eigenvalue weighted by molar-refractivity contribution is 6.30. The van der Waals surface area contributed by atoms with Crippen LogP contribution in [0.4, 0.5) is 10.1 Å². The van der Waals surface area contributed by atoms with Gasteiger partial charge in [0.1, 0.15) is 11.9 Å². The number of fused-ring (bicyclic) bond motifs is 1. The number of carbonyl (C=O) groups is 4. The highest BCUT2D eigenvalue weighted by Crippen LogP contribution is 2.37. The lowest BCUT2D eigenvalue weighted by atomic mass is 9.85. The van der Waals surface area contributed by atoms with Crippen LogP contribution in [0.15, 0.2) is 30.4 Å². The van der Waals surface area contributed by atoms with Crippen molar-refractivity contribution in [3.8, 4) is 0 Å². The average Bonchev–Trinajstić information content (AvgIpc) is 2.97. The fourth-order valence-electron chi connectivity index (χ4n) is 3.90. The van der Waals surface area contributed by atoms with E-state index in [1.807, 2.05) is 26.0 Å². The maximum Gasteiger partial charge on any atom is 0.329 e. The standard InChI is InChI=1S/C22H24ClFN2O5/c1-12(2)9-18(26-20(28)14-5-3-4-6-15(14)21(26)29)22(30)31-11-19(27)25-17-8-7-13(23)10-16(17)24/h3-4,7-8,10,12,14-15,18H,5-6,9,11H2,1-2H3,(H,25,27). The average molecular weight is 451 g/mol. The molecule has 1 aromatic carbocycles. The Balaban J connectivity index is 1.67. The largest absolute Gasteiger partial charge is 0.454 e. The molecular formula is C22H24ClFN2O5. The lowest BCUT2D eigenvalue weighted by Gasteiger charge is -2.26. The van der Waals surface area contributed by atoms with E-state index < -0.39 is 42.2 Å². The summed E-state index contributed by atoms with van der Waals surface area (Å²) < 4.78 is 18.9. The van der Waals surface area contributed by atoms with E-state index in [1.54, 1.807) is 0 Å². The van der Waals surface area contributed by atoms with Crippen molar-refractivity contribution in [3.05, 3.63) is 41.2 Å². The van der Waals surface area contributed by atoms with E-state index >= 15 is 0 Å². The number of carbonyl (C=O) groups excluding carboxylic acids is 4. The van der Waals surface area contributed by atoms with Gasteiger partial charge in [0.15, 0.2) is 6.61 Å². The minimum Gasteiger partial charge on any atom is -0.454 e. The first-order chi connectivity index (χ1) is 14.7. The van der Waals surface area contributed by atoms with Gasteiger partial charge in [-0.2, -0.15) is 0 Å². The van der Waals surface area contributed by atoms with E-state index in [0.717, 1.165) is 11.0 Å². The molecule has 1 aliphatic heterocycles. The topological polar surface area (TPSA) is 92.8 Å². The molecule has 2 aliphatic rings. The number of ether oxygens (including phenoxy) is 1. The molecule has 0 saturated carbocycles. The van der Waals surface area contributed by atoms with Crippen molar-refractivity contribution in [1.82, 2.24) is 4.90 Å². The molecule has 9 heteroatoms. The van der Waals surface area contributed by atoms with Crippen molar-refractivity contribution in [2.75, 3.05) is 11.9 Å². The number of allylic oxidation sites excluding steroid dienone is 2. The molecule has 1 saturated heterocycles. The number of hydrogen-bond acceptors (Lipinski definition) is 5. The minimum absolute atomic E-state index is 0.00380. The van der Waals surface area contributed by atoms with Crippen LogP contribution in [0, 0.1) is 23.6 Å². The monoisotopic (exact) mass is 450 g/mol. The second-order valence-electron chi connectivity index (χ2n) is 8.13. The number of anilines is 1. The van der Waals surface area contributed by atoms with Gasteiger partial charge in [-0.25, -0.2) is 9.18 Å². The van der Waals surface area contributed by atoms with Crippen LogP contribution < -0.4 is 5.32 Å². The predicted octanol–water partition coefficient (Wildman–Crippen LogP) is 3.33. The van der Waals surface area contributed by atoms with Crippen molar-refractivity contribution >= 4 is 41.0 Å². The zero-order chi connectivity index (χ0) is 22.7. The van der Waals surface area contributed by atoms with Gasteiger partial charge in [0.25, 0.3) is 5.91 Å². The van der Waals surface area contributed by atoms with Gasteiger partial charge in [0.2, 0.25) is 11.8 Å². The summed E-state index contributed by atoms with van der Waals surface area (Å²) in [5, 5.41) is 2.47. The third-order valence-corrected chi connectivity index (χ3v) is 5.61. The van der Waals surface area contributed by atoms with Gasteiger partial charge in [-0.3, -0.25) is 19.3 Å². The molecular weight excluding hydrogens is 427 g/mol. The summed E-state index contributed by atoms with van der Waals surface area (Å²) >= 11 is 5.68. The van der Waals surface area contributed by atoms with Gasteiger partial charge < -0.3 is 10.1 Å². The molecule has 3 atom stereocenters. The first kappa shape index (κ1) is 22.9. The van der Waals surface area contributed by atoms with Crippen LogP contribution >= 0.6 is 11.6 Å². The Morgan fingerprint density at radius 1 is 1.19 bits per heavy atom. The van der Waals surface area contributed by atoms with Gasteiger partial charge in [0.05, 0.1) is 17.5 Å². The summed E-state index contributed by atoms with van der Waals surface area (Å²) in [6, 6.07) is 2.63. The predicted molar refractivity (Wildman–Crippen MR) is 111 cm³/mol. The second-order valence-corrected chi connectivity index (χ2v) is 8.56. The fourth-order valence-corrected chi connectivity index (χ4v) is 4.06. The van der Waals surface area contributed by atoms with Crippen molar-refractivity contribution in [1.29, 1.82) is 0 Å². The van der Waals surface area contributed by atoms with Crippen LogP contribution in [0.1, 0.15) is 33.1 Å². The Morgan fingerprint density at radius 2 is 1.81 bits per heavy atom. The second kappa shape index (κ2) is 9.60. The van der Waals surface area contributed by atoms with Crippen molar-refractivity contribution < 1.29 is 28.3 Å². The maximum absolute atomic E-state index is 13.8. The number of amides is 3. The molecule has 1 aliphatic carbocycles. The van der Waals surface area contributed by atoms with E-state index in [-0.39, 0.29) is 34.9 Å². The molecule has 1 heterocycles. The Hall–Kier alpha value is -2.74. The molecule has 1 fully saturated rings. The normalized spacial score (nSPS) is 21.3. The molecule has 31 heavy (non-hydrogen) atoms. The summed E-state index contributed by atoms with van der Waals surface area (Å²) in [7, 11) is 0. The number of imide groups is 1. The Labute approximate surface area is 184 Å². The molecule has 0 bridgehead atoms. The number of nitrogens with zero attached hydrogens (tertiary/aromatic N) is 1. The molecule has 0 aromatic heterocycles. The third kappa shape index (κ3) is 5.12. The highest BCUT2D eigenvalue weighted by Gasteiger charge is 2.51.